The number of amides is 1. The number of rotatable bonds is 5. The third-order valence-electron chi connectivity index (χ3n) is 3.23. The van der Waals surface area contributed by atoms with Gasteiger partial charge in [0.05, 0.1) is 19.0 Å². The Morgan fingerprint density at radius 3 is 2.67 bits per heavy atom. The highest BCUT2D eigenvalue weighted by Gasteiger charge is 2.27. The normalized spacial score (nSPS) is 16.8. The summed E-state index contributed by atoms with van der Waals surface area (Å²) in [6.07, 6.45) is 0. The molecule has 8 nitrogen and oxygen atoms in total. The summed E-state index contributed by atoms with van der Waals surface area (Å²) in [4.78, 5) is 24.9. The maximum absolute atomic E-state index is 12.5. The predicted molar refractivity (Wildman–Crippen MR) is 75.2 cm³/mol. The van der Waals surface area contributed by atoms with Crippen molar-refractivity contribution in [1.29, 1.82) is 0 Å². The minimum atomic E-state index is -0.931. The molecule has 2 heterocycles. The molecule has 0 spiro atoms. The van der Waals surface area contributed by atoms with Crippen molar-refractivity contribution < 1.29 is 19.4 Å². The van der Waals surface area contributed by atoms with Gasteiger partial charge in [0.2, 0.25) is 5.91 Å². The van der Waals surface area contributed by atoms with E-state index in [1.165, 1.54) is 0 Å². The second-order valence-electron chi connectivity index (χ2n) is 4.70. The van der Waals surface area contributed by atoms with Crippen molar-refractivity contribution in [2.45, 2.75) is 25.0 Å². The lowest BCUT2D eigenvalue weighted by Crippen LogP contribution is -2.43. The molecule has 1 atom stereocenters. The maximum atomic E-state index is 12.5. The molecular formula is C12H18N4O4S. The van der Waals surface area contributed by atoms with E-state index in [2.05, 4.69) is 10.2 Å². The first-order chi connectivity index (χ1) is 10.0. The molecule has 0 aromatic carbocycles. The van der Waals surface area contributed by atoms with Gasteiger partial charge in [-0.2, -0.15) is 0 Å². The second kappa shape index (κ2) is 6.90. The third-order valence-corrected chi connectivity index (χ3v) is 4.16. The fourth-order valence-electron chi connectivity index (χ4n) is 2.18. The molecule has 0 bridgehead atoms. The van der Waals surface area contributed by atoms with Gasteiger partial charge in [-0.25, -0.2) is 0 Å². The van der Waals surface area contributed by atoms with Gasteiger partial charge in [0, 0.05) is 13.1 Å². The number of aryl methyl sites for hydroxylation is 1. The summed E-state index contributed by atoms with van der Waals surface area (Å²) in [6, 6.07) is -0.464. The standard InChI is InChI=1S/C12H18N4O4S/c1-8(11(19)15-3-5-20-6-4-15)16-9(2)13-14-12(16)21-7-10(17)18/h8H,3-7H2,1-2H3,(H,17,18). The van der Waals surface area contributed by atoms with Crippen molar-refractivity contribution in [1.82, 2.24) is 19.7 Å². The lowest BCUT2D eigenvalue weighted by Gasteiger charge is -2.30. The number of carbonyl (C=O) groups is 2. The number of hydrogen-bond acceptors (Lipinski definition) is 6. The molecule has 1 fully saturated rings. The minimum Gasteiger partial charge on any atom is -0.481 e. The Morgan fingerprint density at radius 1 is 1.38 bits per heavy atom. The lowest BCUT2D eigenvalue weighted by molar-refractivity contribution is -0.138. The van der Waals surface area contributed by atoms with E-state index in [1.54, 1.807) is 23.3 Å². The summed E-state index contributed by atoms with van der Waals surface area (Å²) in [5, 5.41) is 17.1. The van der Waals surface area contributed by atoms with Gasteiger partial charge in [-0.3, -0.25) is 14.2 Å². The Morgan fingerprint density at radius 2 is 2.05 bits per heavy atom. The minimum absolute atomic E-state index is 0.0293. The van der Waals surface area contributed by atoms with E-state index in [9.17, 15) is 9.59 Å². The van der Waals surface area contributed by atoms with Crippen LogP contribution in [0.15, 0.2) is 5.16 Å². The van der Waals surface area contributed by atoms with E-state index >= 15 is 0 Å². The van der Waals surface area contributed by atoms with Gasteiger partial charge in [-0.1, -0.05) is 11.8 Å². The number of aliphatic carboxylic acids is 1. The van der Waals surface area contributed by atoms with Crippen molar-refractivity contribution in [3.8, 4) is 0 Å². The highest BCUT2D eigenvalue weighted by Crippen LogP contribution is 2.23. The molecule has 1 unspecified atom stereocenters. The molecule has 0 radical (unpaired) electrons. The van der Waals surface area contributed by atoms with Gasteiger partial charge < -0.3 is 14.7 Å². The van der Waals surface area contributed by atoms with Crippen LogP contribution in [0.2, 0.25) is 0 Å². The van der Waals surface area contributed by atoms with Crippen LogP contribution in [-0.4, -0.2) is 68.7 Å². The SMILES string of the molecule is Cc1nnc(SCC(=O)O)n1C(C)C(=O)N1CCOCC1. The van der Waals surface area contributed by atoms with Crippen molar-refractivity contribution >= 4 is 23.6 Å². The predicted octanol–water partition coefficient (Wildman–Crippen LogP) is 0.183. The fraction of sp³-hybridized carbons (Fsp3) is 0.667. The van der Waals surface area contributed by atoms with E-state index < -0.39 is 12.0 Å². The van der Waals surface area contributed by atoms with Gasteiger partial charge >= 0.3 is 5.97 Å². The van der Waals surface area contributed by atoms with Crippen molar-refractivity contribution in [2.75, 3.05) is 32.1 Å². The molecule has 1 N–H and O–H groups in total. The first-order valence-corrected chi connectivity index (χ1v) is 7.62. The number of hydrogen-bond donors (Lipinski definition) is 1. The summed E-state index contributed by atoms with van der Waals surface area (Å²) in [7, 11) is 0. The van der Waals surface area contributed by atoms with E-state index in [1.807, 2.05) is 0 Å². The highest BCUT2D eigenvalue weighted by molar-refractivity contribution is 7.99. The van der Waals surface area contributed by atoms with Crippen LogP contribution in [-0.2, 0) is 14.3 Å². The molecule has 1 aromatic heterocycles. The van der Waals surface area contributed by atoms with Crippen LogP contribution in [0.1, 0.15) is 18.8 Å². The summed E-state index contributed by atoms with van der Waals surface area (Å²) in [5.41, 5.74) is 0. The van der Waals surface area contributed by atoms with Gasteiger partial charge in [-0.15, -0.1) is 10.2 Å². The average Bonchev–Trinajstić information content (AvgIpc) is 2.85. The summed E-state index contributed by atoms with van der Waals surface area (Å²) in [5.74, 6) is -0.480. The van der Waals surface area contributed by atoms with Crippen LogP contribution < -0.4 is 0 Å². The second-order valence-corrected chi connectivity index (χ2v) is 5.64. The van der Waals surface area contributed by atoms with Crippen LogP contribution in [0.3, 0.4) is 0 Å². The molecule has 2 rings (SSSR count). The number of ether oxygens (including phenoxy) is 1. The number of thioether (sulfide) groups is 1. The third kappa shape index (κ3) is 3.73. The number of aromatic nitrogens is 3. The van der Waals surface area contributed by atoms with E-state index in [0.29, 0.717) is 37.3 Å². The Hall–Kier alpha value is -1.61. The monoisotopic (exact) mass is 314 g/mol. The molecule has 9 heteroatoms. The van der Waals surface area contributed by atoms with Crippen molar-refractivity contribution in [3.63, 3.8) is 0 Å². The number of carboxylic acid groups (broad SMARTS) is 1. The molecule has 21 heavy (non-hydrogen) atoms. The zero-order valence-electron chi connectivity index (χ0n) is 12.0. The van der Waals surface area contributed by atoms with Gasteiger partial charge in [-0.05, 0) is 13.8 Å². The Balaban J connectivity index is 2.13. The zero-order valence-corrected chi connectivity index (χ0v) is 12.8. The van der Waals surface area contributed by atoms with E-state index in [0.717, 1.165) is 11.8 Å². The van der Waals surface area contributed by atoms with Crippen LogP contribution in [0.5, 0.6) is 0 Å². The van der Waals surface area contributed by atoms with Crippen molar-refractivity contribution in [2.24, 2.45) is 0 Å². The molecule has 1 aliphatic heterocycles. The number of nitrogens with zero attached hydrogens (tertiary/aromatic N) is 4. The van der Waals surface area contributed by atoms with Crippen molar-refractivity contribution in [3.05, 3.63) is 5.82 Å². The Labute approximate surface area is 126 Å². The van der Waals surface area contributed by atoms with E-state index in [4.69, 9.17) is 9.84 Å². The van der Waals surface area contributed by atoms with Gasteiger partial charge in [0.1, 0.15) is 11.9 Å². The Kier molecular flexibility index (Phi) is 5.18. The molecule has 0 aliphatic carbocycles. The first-order valence-electron chi connectivity index (χ1n) is 6.63. The zero-order chi connectivity index (χ0) is 15.4. The first kappa shape index (κ1) is 15.8. The largest absolute Gasteiger partial charge is 0.481 e. The molecule has 116 valence electrons. The van der Waals surface area contributed by atoms with Gasteiger partial charge in [0.15, 0.2) is 5.16 Å². The van der Waals surface area contributed by atoms with Crippen LogP contribution in [0, 0.1) is 6.92 Å². The Bertz CT molecular complexity index is 527. The molecule has 0 saturated carbocycles. The summed E-state index contributed by atoms with van der Waals surface area (Å²) >= 11 is 1.06. The fourth-order valence-corrected chi connectivity index (χ4v) is 2.96. The summed E-state index contributed by atoms with van der Waals surface area (Å²) < 4.78 is 6.92. The number of morpholine rings is 1. The number of carboxylic acids is 1. The number of carbonyl (C=O) groups excluding carboxylic acids is 1. The molecule has 1 amide bonds. The molecular weight excluding hydrogens is 296 g/mol. The smallest absolute Gasteiger partial charge is 0.313 e. The average molecular weight is 314 g/mol. The topological polar surface area (TPSA) is 97.5 Å². The maximum Gasteiger partial charge on any atom is 0.313 e. The molecule has 1 saturated heterocycles. The van der Waals surface area contributed by atoms with Crippen LogP contribution in [0.4, 0.5) is 0 Å². The van der Waals surface area contributed by atoms with E-state index in [-0.39, 0.29) is 11.7 Å². The molecule has 1 aliphatic rings. The highest BCUT2D eigenvalue weighted by atomic mass is 32.2. The summed E-state index contributed by atoms with van der Waals surface area (Å²) in [6.45, 7) is 5.75. The molecule has 1 aromatic rings. The van der Waals surface area contributed by atoms with Gasteiger partial charge in [0.25, 0.3) is 0 Å². The van der Waals surface area contributed by atoms with Crippen LogP contribution in [0.25, 0.3) is 0 Å². The quantitative estimate of drug-likeness (QED) is 0.774. The lowest BCUT2D eigenvalue weighted by atomic mass is 10.2. The van der Waals surface area contributed by atoms with Crippen LogP contribution >= 0.6 is 11.8 Å².